The van der Waals surface area contributed by atoms with Gasteiger partial charge in [0, 0.05) is 5.56 Å². The van der Waals surface area contributed by atoms with E-state index in [2.05, 4.69) is 39.5 Å². The van der Waals surface area contributed by atoms with E-state index >= 15 is 4.39 Å². The van der Waals surface area contributed by atoms with E-state index in [1.165, 1.54) is 28.8 Å². The average molecular weight is 394 g/mol. The second-order valence-corrected chi connectivity index (χ2v) is 8.11. The van der Waals surface area contributed by atoms with Crippen molar-refractivity contribution in [1.29, 1.82) is 0 Å². The third-order valence-electron chi connectivity index (χ3n) is 5.16. The Morgan fingerprint density at radius 1 is 1.17 bits per heavy atom. The van der Waals surface area contributed by atoms with Gasteiger partial charge in [0.05, 0.1) is 6.04 Å². The molecular weight excluding hydrogens is 361 g/mol. The van der Waals surface area contributed by atoms with Crippen molar-refractivity contribution in [3.8, 4) is 0 Å². The zero-order valence-corrected chi connectivity index (χ0v) is 18.1. The highest BCUT2D eigenvalue weighted by Gasteiger charge is 2.21. The van der Waals surface area contributed by atoms with Crippen LogP contribution in [0.15, 0.2) is 60.4 Å². The van der Waals surface area contributed by atoms with Gasteiger partial charge >= 0.3 is 0 Å². The summed E-state index contributed by atoms with van der Waals surface area (Å²) in [5.74, 6) is 0.0460. The predicted molar refractivity (Wildman–Crippen MR) is 122 cm³/mol. The molecule has 0 fully saturated rings. The van der Waals surface area contributed by atoms with Crippen molar-refractivity contribution < 1.29 is 9.50 Å². The second kappa shape index (κ2) is 9.71. The molecule has 0 spiro atoms. The minimum absolute atomic E-state index is 0.0702. The molecule has 3 N–H and O–H groups in total. The van der Waals surface area contributed by atoms with E-state index < -0.39 is 6.04 Å². The van der Waals surface area contributed by atoms with Crippen LogP contribution >= 0.6 is 0 Å². The fourth-order valence-corrected chi connectivity index (χ4v) is 3.67. The zero-order chi connectivity index (χ0) is 21.7. The summed E-state index contributed by atoms with van der Waals surface area (Å²) in [5.41, 5.74) is 13.1. The maximum Gasteiger partial charge on any atom is 0.129 e. The third-order valence-corrected chi connectivity index (χ3v) is 5.16. The number of nitrogens with two attached hydrogens (primary N) is 1. The molecule has 154 valence electrons. The number of aryl methyl sites for hydroxylation is 2. The van der Waals surface area contributed by atoms with E-state index in [9.17, 15) is 5.11 Å². The number of hydrogen-bond acceptors (Lipinski definition) is 2. The highest BCUT2D eigenvalue weighted by Crippen LogP contribution is 2.35. The van der Waals surface area contributed by atoms with Crippen LogP contribution in [0.5, 0.6) is 0 Å². The molecule has 2 aromatic rings. The Hall–Kier alpha value is -2.65. The predicted octanol–water partition coefficient (Wildman–Crippen LogP) is 7.05. The van der Waals surface area contributed by atoms with Crippen molar-refractivity contribution in [2.45, 2.75) is 47.1 Å². The van der Waals surface area contributed by atoms with Crippen molar-refractivity contribution in [2.75, 3.05) is 0 Å². The van der Waals surface area contributed by atoms with Crippen LogP contribution in [0.3, 0.4) is 0 Å². The largest absolute Gasteiger partial charge is 0.509 e. The molecule has 2 rings (SSSR count). The van der Waals surface area contributed by atoms with Crippen LogP contribution < -0.4 is 5.73 Å². The molecule has 2 aromatic carbocycles. The molecule has 0 amide bonds. The number of rotatable bonds is 7. The first kappa shape index (κ1) is 22.6. The lowest BCUT2D eigenvalue weighted by atomic mass is 9.85. The number of hydrogen-bond donors (Lipinski definition) is 2. The SMILES string of the molecule is C=C(O)/C=C/c1cc(C)c(C(N)/C(C)=C(\CC(C)C)c2ccccc2C)c(F)c1. The monoisotopic (exact) mass is 393 g/mol. The van der Waals surface area contributed by atoms with Gasteiger partial charge in [-0.25, -0.2) is 4.39 Å². The standard InChI is InChI=1S/C26H32FNO/c1-16(2)13-23(22-10-8-7-9-17(22)3)20(6)26(28)25-18(4)14-21(15-24(25)27)12-11-19(5)29/h7-12,14-16,26,29H,5,13,28H2,1-4,6H3/b12-11+,23-20+. The third kappa shape index (κ3) is 5.68. The van der Waals surface area contributed by atoms with Crippen molar-refractivity contribution in [2.24, 2.45) is 11.7 Å². The van der Waals surface area contributed by atoms with Crippen molar-refractivity contribution in [3.63, 3.8) is 0 Å². The summed E-state index contributed by atoms with van der Waals surface area (Å²) >= 11 is 0. The van der Waals surface area contributed by atoms with Gasteiger partial charge in [0.25, 0.3) is 0 Å². The Morgan fingerprint density at radius 3 is 2.38 bits per heavy atom. The molecule has 1 atom stereocenters. The van der Waals surface area contributed by atoms with E-state index in [-0.39, 0.29) is 11.6 Å². The summed E-state index contributed by atoms with van der Waals surface area (Å²) in [6.07, 6.45) is 3.95. The maximum atomic E-state index is 15.0. The first-order valence-corrected chi connectivity index (χ1v) is 9.99. The van der Waals surface area contributed by atoms with E-state index in [1.54, 1.807) is 6.08 Å². The van der Waals surface area contributed by atoms with Crippen LogP contribution in [0.25, 0.3) is 11.6 Å². The molecule has 0 saturated carbocycles. The molecular formula is C26H32FNO. The average Bonchev–Trinajstić information content (AvgIpc) is 2.63. The van der Waals surface area contributed by atoms with Gasteiger partial charge in [-0.05, 0) is 78.7 Å². The van der Waals surface area contributed by atoms with Crippen LogP contribution in [-0.2, 0) is 0 Å². The molecule has 0 aromatic heterocycles. The molecule has 1 unspecified atom stereocenters. The molecule has 0 aliphatic heterocycles. The molecule has 0 saturated heterocycles. The molecule has 3 heteroatoms. The lowest BCUT2D eigenvalue weighted by molar-refractivity contribution is 0.436. The highest BCUT2D eigenvalue weighted by atomic mass is 19.1. The zero-order valence-electron chi connectivity index (χ0n) is 18.1. The van der Waals surface area contributed by atoms with E-state index in [4.69, 9.17) is 5.73 Å². The van der Waals surface area contributed by atoms with Crippen LogP contribution in [-0.4, -0.2) is 5.11 Å². The first-order valence-electron chi connectivity index (χ1n) is 9.99. The van der Waals surface area contributed by atoms with Crippen LogP contribution in [0.1, 0.15) is 61.1 Å². The van der Waals surface area contributed by atoms with Gasteiger partial charge in [0.15, 0.2) is 0 Å². The number of aliphatic hydroxyl groups excluding tert-OH is 1. The minimum Gasteiger partial charge on any atom is -0.509 e. The number of benzene rings is 2. The molecule has 0 radical (unpaired) electrons. The van der Waals surface area contributed by atoms with Gasteiger partial charge in [0.2, 0.25) is 0 Å². The van der Waals surface area contributed by atoms with Gasteiger partial charge in [0.1, 0.15) is 11.6 Å². The fourth-order valence-electron chi connectivity index (χ4n) is 3.67. The van der Waals surface area contributed by atoms with Gasteiger partial charge in [-0.15, -0.1) is 0 Å². The van der Waals surface area contributed by atoms with Crippen molar-refractivity contribution in [3.05, 3.63) is 94.0 Å². The molecule has 2 nitrogen and oxygen atoms in total. The van der Waals surface area contributed by atoms with Crippen LogP contribution in [0.2, 0.25) is 0 Å². The lowest BCUT2D eigenvalue weighted by Crippen LogP contribution is -2.17. The summed E-state index contributed by atoms with van der Waals surface area (Å²) in [6.45, 7) is 13.7. The molecule has 29 heavy (non-hydrogen) atoms. The van der Waals surface area contributed by atoms with E-state index in [0.29, 0.717) is 17.0 Å². The number of allylic oxidation sites excluding steroid dienone is 2. The quantitative estimate of drug-likeness (QED) is 0.391. The molecule has 0 heterocycles. The van der Waals surface area contributed by atoms with Gasteiger partial charge in [-0.2, -0.15) is 0 Å². The maximum absolute atomic E-state index is 15.0. The topological polar surface area (TPSA) is 46.2 Å². The summed E-state index contributed by atoms with van der Waals surface area (Å²) < 4.78 is 15.0. The van der Waals surface area contributed by atoms with Gasteiger partial charge in [-0.3, -0.25) is 0 Å². The van der Waals surface area contributed by atoms with Crippen LogP contribution in [0.4, 0.5) is 4.39 Å². The Morgan fingerprint density at radius 2 is 1.83 bits per heavy atom. The van der Waals surface area contributed by atoms with E-state index in [1.807, 2.05) is 32.0 Å². The Labute approximate surface area is 174 Å². The summed E-state index contributed by atoms with van der Waals surface area (Å²) in [5, 5.41) is 9.23. The number of aliphatic hydroxyl groups is 1. The smallest absolute Gasteiger partial charge is 0.129 e. The summed E-state index contributed by atoms with van der Waals surface area (Å²) in [4.78, 5) is 0. The minimum atomic E-state index is -0.533. The van der Waals surface area contributed by atoms with Crippen LogP contribution in [0, 0.1) is 25.6 Å². The Bertz CT molecular complexity index is 930. The number of halogens is 1. The summed E-state index contributed by atoms with van der Waals surface area (Å²) in [7, 11) is 0. The normalized spacial score (nSPS) is 13.7. The van der Waals surface area contributed by atoms with Gasteiger partial charge < -0.3 is 10.8 Å². The highest BCUT2D eigenvalue weighted by molar-refractivity contribution is 5.72. The van der Waals surface area contributed by atoms with Crippen molar-refractivity contribution >= 4 is 11.6 Å². The fraction of sp³-hybridized carbons (Fsp3) is 0.308. The Kier molecular flexibility index (Phi) is 7.58. The van der Waals surface area contributed by atoms with Gasteiger partial charge in [-0.1, -0.05) is 56.8 Å². The molecule has 0 aliphatic carbocycles. The molecule has 0 bridgehead atoms. The second-order valence-electron chi connectivity index (χ2n) is 8.11. The van der Waals surface area contributed by atoms with E-state index in [0.717, 1.165) is 17.6 Å². The van der Waals surface area contributed by atoms with Crippen molar-refractivity contribution in [1.82, 2.24) is 0 Å². The summed E-state index contributed by atoms with van der Waals surface area (Å²) in [6, 6.07) is 11.1. The molecule has 0 aliphatic rings. The first-order chi connectivity index (χ1) is 13.6. The lowest BCUT2D eigenvalue weighted by Gasteiger charge is -2.23. The Balaban J connectivity index is 2.56.